The quantitative estimate of drug-likeness (QED) is 0.0775. The molecular weight excluding hydrogens is 937 g/mol. The summed E-state index contributed by atoms with van der Waals surface area (Å²) in [6, 6.07) is 38.3. The minimum Gasteiger partial charge on any atom is -0.463 e. The number of ether oxygens (including phenoxy) is 16. The standard InChI is InChI=1S/C54H68O18/c1-34(55)64-33-40-41(57-2)43(58-3)48(60-5)53(69-40)71-46-44(59-4)49(61-6)54(72-47(46)51(56)67-31-38-26-18-11-19-27-38)70-42-39(32-63-28-35-20-12-8-13-21-35)68-52(62-7)50(66-30-37-24-16-10-17-25-37)45(42)65-29-36-22-14-9-15-23-36/h8-27,39-50,52-54H,28-33H2,1-7H3/t39-,40-,41-,42-,43+,44+,45+,46+,47+,48-,49-,50-,52+,53-,54-/m1/s1. The summed E-state index contributed by atoms with van der Waals surface area (Å²) in [6.07, 6.45) is -15.8. The van der Waals surface area contributed by atoms with Crippen molar-refractivity contribution in [2.75, 3.05) is 55.9 Å². The van der Waals surface area contributed by atoms with Crippen molar-refractivity contribution in [3.63, 3.8) is 0 Å². The molecule has 15 atom stereocenters. The Balaban J connectivity index is 1.25. The Bertz CT molecular complexity index is 2170. The molecule has 7 rings (SSSR count). The monoisotopic (exact) mass is 1000 g/mol. The fourth-order valence-corrected chi connectivity index (χ4v) is 9.15. The largest absolute Gasteiger partial charge is 0.463 e. The predicted molar refractivity (Wildman–Crippen MR) is 256 cm³/mol. The Morgan fingerprint density at radius 1 is 0.403 bits per heavy atom. The van der Waals surface area contributed by atoms with Crippen molar-refractivity contribution in [1.29, 1.82) is 0 Å². The molecule has 0 N–H and O–H groups in total. The molecule has 392 valence electrons. The maximum atomic E-state index is 14.7. The van der Waals surface area contributed by atoms with Crippen molar-refractivity contribution in [3.8, 4) is 0 Å². The predicted octanol–water partition coefficient (Wildman–Crippen LogP) is 5.35. The molecule has 0 amide bonds. The van der Waals surface area contributed by atoms with Crippen LogP contribution in [0.2, 0.25) is 0 Å². The van der Waals surface area contributed by atoms with E-state index in [4.69, 9.17) is 75.8 Å². The lowest BCUT2D eigenvalue weighted by atomic mass is 9.95. The summed E-state index contributed by atoms with van der Waals surface area (Å²) in [5, 5.41) is 0. The minimum atomic E-state index is -1.55. The van der Waals surface area contributed by atoms with Gasteiger partial charge in [0, 0.05) is 49.6 Å². The minimum absolute atomic E-state index is 0.0114. The second-order valence-corrected chi connectivity index (χ2v) is 17.4. The van der Waals surface area contributed by atoms with Gasteiger partial charge in [0.1, 0.15) is 80.4 Å². The number of methoxy groups -OCH3 is 6. The van der Waals surface area contributed by atoms with Gasteiger partial charge in [-0.1, -0.05) is 121 Å². The lowest BCUT2D eigenvalue weighted by molar-refractivity contribution is -0.383. The van der Waals surface area contributed by atoms with Gasteiger partial charge in [0.05, 0.1) is 26.4 Å². The van der Waals surface area contributed by atoms with Crippen molar-refractivity contribution < 1.29 is 85.4 Å². The average molecular weight is 1010 g/mol. The summed E-state index contributed by atoms with van der Waals surface area (Å²) >= 11 is 0. The molecule has 3 saturated heterocycles. The molecule has 0 bridgehead atoms. The highest BCUT2D eigenvalue weighted by Crippen LogP contribution is 2.38. The van der Waals surface area contributed by atoms with Crippen molar-refractivity contribution in [2.45, 2.75) is 125 Å². The Labute approximate surface area is 421 Å². The van der Waals surface area contributed by atoms with Gasteiger partial charge in [-0.25, -0.2) is 4.79 Å². The van der Waals surface area contributed by atoms with Crippen LogP contribution in [0.4, 0.5) is 0 Å². The number of hydrogen-bond acceptors (Lipinski definition) is 18. The zero-order valence-corrected chi connectivity index (χ0v) is 41.8. The molecular formula is C54H68O18. The van der Waals surface area contributed by atoms with E-state index in [1.54, 1.807) is 0 Å². The van der Waals surface area contributed by atoms with Crippen LogP contribution in [-0.2, 0) is 112 Å². The Morgan fingerprint density at radius 2 is 0.833 bits per heavy atom. The van der Waals surface area contributed by atoms with E-state index in [9.17, 15) is 9.59 Å². The van der Waals surface area contributed by atoms with Gasteiger partial charge in [0.2, 0.25) is 0 Å². The van der Waals surface area contributed by atoms with Crippen LogP contribution in [0.25, 0.3) is 0 Å². The first-order valence-corrected chi connectivity index (χ1v) is 23.9. The summed E-state index contributed by atoms with van der Waals surface area (Å²) in [6.45, 7) is 1.60. The third-order valence-electron chi connectivity index (χ3n) is 12.7. The van der Waals surface area contributed by atoms with E-state index in [1.807, 2.05) is 121 Å². The summed E-state index contributed by atoms with van der Waals surface area (Å²) in [5.41, 5.74) is 3.47. The fourth-order valence-electron chi connectivity index (χ4n) is 9.15. The van der Waals surface area contributed by atoms with Gasteiger partial charge in [-0.15, -0.1) is 0 Å². The van der Waals surface area contributed by atoms with Gasteiger partial charge in [0.25, 0.3) is 0 Å². The molecule has 3 aliphatic heterocycles. The highest BCUT2D eigenvalue weighted by Gasteiger charge is 2.58. The summed E-state index contributed by atoms with van der Waals surface area (Å²) in [5.74, 6) is -1.34. The molecule has 4 aromatic rings. The normalized spacial score (nSPS) is 30.6. The Hall–Kier alpha value is -4.74. The first kappa shape index (κ1) is 55.0. The molecule has 0 radical (unpaired) electrons. The van der Waals surface area contributed by atoms with E-state index in [2.05, 4.69) is 0 Å². The second-order valence-electron chi connectivity index (χ2n) is 17.4. The van der Waals surface area contributed by atoms with E-state index in [-0.39, 0.29) is 39.6 Å². The maximum Gasteiger partial charge on any atom is 0.338 e. The van der Waals surface area contributed by atoms with E-state index in [0.29, 0.717) is 0 Å². The van der Waals surface area contributed by atoms with Gasteiger partial charge < -0.3 is 75.8 Å². The van der Waals surface area contributed by atoms with Crippen LogP contribution >= 0.6 is 0 Å². The zero-order chi connectivity index (χ0) is 50.8. The number of benzene rings is 4. The molecule has 4 aromatic carbocycles. The first-order chi connectivity index (χ1) is 35.2. The smallest absolute Gasteiger partial charge is 0.338 e. The van der Waals surface area contributed by atoms with Crippen LogP contribution in [0, 0.1) is 0 Å². The molecule has 3 aliphatic rings. The van der Waals surface area contributed by atoms with Gasteiger partial charge in [-0.2, -0.15) is 0 Å². The van der Waals surface area contributed by atoms with Gasteiger partial charge in [-0.3, -0.25) is 4.79 Å². The third-order valence-corrected chi connectivity index (χ3v) is 12.7. The van der Waals surface area contributed by atoms with Gasteiger partial charge in [0.15, 0.2) is 25.0 Å². The Morgan fingerprint density at radius 3 is 1.33 bits per heavy atom. The van der Waals surface area contributed by atoms with Crippen LogP contribution in [0.1, 0.15) is 29.2 Å². The lowest BCUT2D eigenvalue weighted by Gasteiger charge is -2.50. The third kappa shape index (κ3) is 14.3. The van der Waals surface area contributed by atoms with E-state index >= 15 is 0 Å². The fraction of sp³-hybridized carbons (Fsp3) is 0.519. The number of carbonyl (C=O) groups is 2. The van der Waals surface area contributed by atoms with Crippen molar-refractivity contribution in [2.24, 2.45) is 0 Å². The van der Waals surface area contributed by atoms with Crippen LogP contribution < -0.4 is 0 Å². The molecule has 72 heavy (non-hydrogen) atoms. The van der Waals surface area contributed by atoms with Crippen LogP contribution in [-0.4, -0.2) is 160 Å². The van der Waals surface area contributed by atoms with Crippen molar-refractivity contribution in [3.05, 3.63) is 144 Å². The maximum absolute atomic E-state index is 14.7. The van der Waals surface area contributed by atoms with Crippen molar-refractivity contribution >= 4 is 11.9 Å². The highest BCUT2D eigenvalue weighted by atomic mass is 16.8. The first-order valence-electron chi connectivity index (χ1n) is 23.9. The number of hydrogen-bond donors (Lipinski definition) is 0. The van der Waals surface area contributed by atoms with Crippen molar-refractivity contribution in [1.82, 2.24) is 0 Å². The molecule has 18 nitrogen and oxygen atoms in total. The molecule has 0 spiro atoms. The number of rotatable bonds is 25. The van der Waals surface area contributed by atoms with E-state index < -0.39 is 104 Å². The lowest BCUT2D eigenvalue weighted by Crippen LogP contribution is -2.68. The molecule has 0 aliphatic carbocycles. The summed E-state index contributed by atoms with van der Waals surface area (Å²) in [7, 11) is 8.88. The summed E-state index contributed by atoms with van der Waals surface area (Å²) < 4.78 is 101. The van der Waals surface area contributed by atoms with Crippen LogP contribution in [0.3, 0.4) is 0 Å². The topological polar surface area (TPSA) is 182 Å². The van der Waals surface area contributed by atoms with Crippen LogP contribution in [0.15, 0.2) is 121 Å². The second kappa shape index (κ2) is 28.1. The number of carbonyl (C=O) groups excluding carboxylic acids is 2. The van der Waals surface area contributed by atoms with E-state index in [0.717, 1.165) is 22.3 Å². The van der Waals surface area contributed by atoms with E-state index in [1.165, 1.54) is 49.6 Å². The van der Waals surface area contributed by atoms with Gasteiger partial charge in [-0.05, 0) is 22.3 Å². The number of esters is 2. The molecule has 3 heterocycles. The van der Waals surface area contributed by atoms with Crippen LogP contribution in [0.5, 0.6) is 0 Å². The molecule has 3 fully saturated rings. The summed E-state index contributed by atoms with van der Waals surface area (Å²) in [4.78, 5) is 26.7. The molecule has 0 aromatic heterocycles. The molecule has 0 unspecified atom stereocenters. The average Bonchev–Trinajstić information content (AvgIpc) is 3.41. The highest BCUT2D eigenvalue weighted by molar-refractivity contribution is 5.76. The zero-order valence-electron chi connectivity index (χ0n) is 41.8. The van der Waals surface area contributed by atoms with Gasteiger partial charge >= 0.3 is 11.9 Å². The molecule has 18 heteroatoms. The Kier molecular flexibility index (Phi) is 21.5. The SMILES string of the molecule is CO[C@H]1O[C@H](COCc2ccccc2)[C@@H](O[C@@H]2O[C@H](C(=O)OCc3ccccc3)[C@@H](O[C@H]3O[C@H](COC(C)=O)[C@@H](OC)[C@H](OC)[C@H]3OC)[C@H](OC)[C@H]2OC)[C@H](OCc2ccccc2)[C@H]1OCc1ccccc1. The molecule has 0 saturated carbocycles.